The number of hydrogen-bond acceptors (Lipinski definition) is 3. The number of carbonyl (C=O) groups excluding carboxylic acids is 1. The number of rotatable bonds is 2. The van der Waals surface area contributed by atoms with E-state index in [1.165, 1.54) is 0 Å². The SMILES string of the molecule is Cc1ccc(CC(=O)N2CC[C@@H](N)C2)cn1. The summed E-state index contributed by atoms with van der Waals surface area (Å²) in [5.74, 6) is 0.151. The van der Waals surface area contributed by atoms with Crippen LogP contribution < -0.4 is 5.73 Å². The van der Waals surface area contributed by atoms with Gasteiger partial charge in [0.15, 0.2) is 0 Å². The Morgan fingerprint density at radius 3 is 3.00 bits per heavy atom. The molecule has 0 bridgehead atoms. The Kier molecular flexibility index (Phi) is 3.19. The van der Waals surface area contributed by atoms with Crippen LogP contribution >= 0.6 is 0 Å². The summed E-state index contributed by atoms with van der Waals surface area (Å²) in [4.78, 5) is 17.9. The highest BCUT2D eigenvalue weighted by Crippen LogP contribution is 2.10. The van der Waals surface area contributed by atoms with Crippen LogP contribution in [0.5, 0.6) is 0 Å². The lowest BCUT2D eigenvalue weighted by molar-refractivity contribution is -0.129. The summed E-state index contributed by atoms with van der Waals surface area (Å²) >= 11 is 0. The molecule has 0 spiro atoms. The summed E-state index contributed by atoms with van der Waals surface area (Å²) in [5, 5.41) is 0. The van der Waals surface area contributed by atoms with Crippen LogP contribution in [0, 0.1) is 6.92 Å². The zero-order valence-electron chi connectivity index (χ0n) is 9.52. The third-order valence-corrected chi connectivity index (χ3v) is 2.91. The monoisotopic (exact) mass is 219 g/mol. The smallest absolute Gasteiger partial charge is 0.227 e. The minimum Gasteiger partial charge on any atom is -0.341 e. The molecule has 0 radical (unpaired) electrons. The van der Waals surface area contributed by atoms with Gasteiger partial charge < -0.3 is 10.6 Å². The van der Waals surface area contributed by atoms with Gasteiger partial charge >= 0.3 is 0 Å². The quantitative estimate of drug-likeness (QED) is 0.787. The molecule has 4 heteroatoms. The molecule has 1 aliphatic rings. The van der Waals surface area contributed by atoms with E-state index in [1.54, 1.807) is 6.20 Å². The lowest BCUT2D eigenvalue weighted by atomic mass is 10.2. The summed E-state index contributed by atoms with van der Waals surface area (Å²) in [7, 11) is 0. The number of pyridine rings is 1. The summed E-state index contributed by atoms with van der Waals surface area (Å²) < 4.78 is 0. The van der Waals surface area contributed by atoms with Gasteiger partial charge in [-0.2, -0.15) is 0 Å². The highest BCUT2D eigenvalue weighted by Gasteiger charge is 2.23. The number of aromatic nitrogens is 1. The fourth-order valence-electron chi connectivity index (χ4n) is 1.90. The first kappa shape index (κ1) is 11.1. The summed E-state index contributed by atoms with van der Waals surface area (Å²) in [6, 6.07) is 4.04. The van der Waals surface area contributed by atoms with Crippen LogP contribution in [0.3, 0.4) is 0 Å². The van der Waals surface area contributed by atoms with E-state index in [4.69, 9.17) is 5.73 Å². The van der Waals surface area contributed by atoms with Gasteiger partial charge in [-0.3, -0.25) is 9.78 Å². The second-order valence-electron chi connectivity index (χ2n) is 4.37. The Labute approximate surface area is 95.5 Å². The number of amides is 1. The fourth-order valence-corrected chi connectivity index (χ4v) is 1.90. The summed E-state index contributed by atoms with van der Waals surface area (Å²) in [5.41, 5.74) is 7.71. The zero-order valence-corrected chi connectivity index (χ0v) is 9.52. The molecule has 86 valence electrons. The lowest BCUT2D eigenvalue weighted by Gasteiger charge is -2.15. The van der Waals surface area contributed by atoms with Crippen molar-refractivity contribution in [1.82, 2.24) is 9.88 Å². The van der Waals surface area contributed by atoms with E-state index in [1.807, 2.05) is 24.0 Å². The molecule has 2 N–H and O–H groups in total. The predicted octanol–water partition coefficient (Wildman–Crippen LogP) is 0.492. The second kappa shape index (κ2) is 4.61. The molecule has 1 aliphatic heterocycles. The molecular formula is C12H17N3O. The van der Waals surface area contributed by atoms with E-state index in [-0.39, 0.29) is 11.9 Å². The Morgan fingerprint density at radius 1 is 1.62 bits per heavy atom. The van der Waals surface area contributed by atoms with E-state index in [2.05, 4.69) is 4.98 Å². The van der Waals surface area contributed by atoms with Crippen LogP contribution in [0.2, 0.25) is 0 Å². The lowest BCUT2D eigenvalue weighted by Crippen LogP contribution is -2.32. The van der Waals surface area contributed by atoms with Gasteiger partial charge in [-0.1, -0.05) is 6.07 Å². The van der Waals surface area contributed by atoms with Gasteiger partial charge in [0, 0.05) is 31.0 Å². The normalized spacial score (nSPS) is 20.1. The van der Waals surface area contributed by atoms with Gasteiger partial charge in [0.05, 0.1) is 6.42 Å². The fraction of sp³-hybridized carbons (Fsp3) is 0.500. The Balaban J connectivity index is 1.94. The first-order valence-electron chi connectivity index (χ1n) is 5.60. The average Bonchev–Trinajstić information content (AvgIpc) is 2.68. The van der Waals surface area contributed by atoms with Crippen molar-refractivity contribution in [3.05, 3.63) is 29.6 Å². The number of aryl methyl sites for hydroxylation is 1. The maximum absolute atomic E-state index is 11.9. The van der Waals surface area contributed by atoms with E-state index in [9.17, 15) is 4.79 Å². The molecule has 1 atom stereocenters. The van der Waals surface area contributed by atoms with Gasteiger partial charge in [0.1, 0.15) is 0 Å². The maximum atomic E-state index is 11.9. The van der Waals surface area contributed by atoms with Crippen molar-refractivity contribution in [2.45, 2.75) is 25.8 Å². The summed E-state index contributed by atoms with van der Waals surface area (Å²) in [6.07, 6.45) is 3.11. The minimum absolute atomic E-state index is 0.151. The van der Waals surface area contributed by atoms with Crippen molar-refractivity contribution in [1.29, 1.82) is 0 Å². The Bertz CT molecular complexity index is 374. The molecule has 2 rings (SSSR count). The number of nitrogens with two attached hydrogens (primary N) is 1. The molecule has 1 aromatic heterocycles. The van der Waals surface area contributed by atoms with Gasteiger partial charge in [-0.15, -0.1) is 0 Å². The van der Waals surface area contributed by atoms with Crippen LogP contribution in [-0.2, 0) is 11.2 Å². The topological polar surface area (TPSA) is 59.2 Å². The third kappa shape index (κ3) is 2.58. The first-order valence-corrected chi connectivity index (χ1v) is 5.60. The molecule has 1 fully saturated rings. The van der Waals surface area contributed by atoms with Crippen molar-refractivity contribution in [2.75, 3.05) is 13.1 Å². The van der Waals surface area contributed by atoms with Crippen molar-refractivity contribution in [3.8, 4) is 0 Å². The predicted molar refractivity (Wildman–Crippen MR) is 61.9 cm³/mol. The number of likely N-dealkylation sites (tertiary alicyclic amines) is 1. The van der Waals surface area contributed by atoms with Crippen LogP contribution in [-0.4, -0.2) is 34.9 Å². The Hall–Kier alpha value is -1.42. The highest BCUT2D eigenvalue weighted by molar-refractivity contribution is 5.79. The van der Waals surface area contributed by atoms with Crippen molar-refractivity contribution >= 4 is 5.91 Å². The van der Waals surface area contributed by atoms with Crippen LogP contribution in [0.1, 0.15) is 17.7 Å². The highest BCUT2D eigenvalue weighted by atomic mass is 16.2. The molecule has 2 heterocycles. The van der Waals surface area contributed by atoms with Crippen molar-refractivity contribution in [2.24, 2.45) is 5.73 Å². The molecule has 4 nitrogen and oxygen atoms in total. The second-order valence-corrected chi connectivity index (χ2v) is 4.37. The van der Waals surface area contributed by atoms with E-state index in [0.717, 1.165) is 24.2 Å². The van der Waals surface area contributed by atoms with Gasteiger partial charge in [0.2, 0.25) is 5.91 Å². The number of hydrogen-bond donors (Lipinski definition) is 1. The molecule has 16 heavy (non-hydrogen) atoms. The molecule has 0 unspecified atom stereocenters. The van der Waals surface area contributed by atoms with Crippen molar-refractivity contribution in [3.63, 3.8) is 0 Å². The molecular weight excluding hydrogens is 202 g/mol. The molecule has 1 saturated heterocycles. The molecule has 0 aliphatic carbocycles. The number of carbonyl (C=O) groups is 1. The maximum Gasteiger partial charge on any atom is 0.227 e. The van der Waals surface area contributed by atoms with Crippen LogP contribution in [0.25, 0.3) is 0 Å². The molecule has 1 amide bonds. The van der Waals surface area contributed by atoms with E-state index < -0.39 is 0 Å². The van der Waals surface area contributed by atoms with Gasteiger partial charge in [-0.05, 0) is 25.0 Å². The molecule has 0 saturated carbocycles. The van der Waals surface area contributed by atoms with Gasteiger partial charge in [-0.25, -0.2) is 0 Å². The van der Waals surface area contributed by atoms with E-state index >= 15 is 0 Å². The molecule has 1 aromatic rings. The Morgan fingerprint density at radius 2 is 2.44 bits per heavy atom. The van der Waals surface area contributed by atoms with Crippen LogP contribution in [0.4, 0.5) is 0 Å². The van der Waals surface area contributed by atoms with Crippen LogP contribution in [0.15, 0.2) is 18.3 Å². The zero-order chi connectivity index (χ0) is 11.5. The number of nitrogens with zero attached hydrogens (tertiary/aromatic N) is 2. The average molecular weight is 219 g/mol. The van der Waals surface area contributed by atoms with E-state index in [0.29, 0.717) is 13.0 Å². The summed E-state index contributed by atoms with van der Waals surface area (Å²) in [6.45, 7) is 3.42. The third-order valence-electron chi connectivity index (χ3n) is 2.91. The largest absolute Gasteiger partial charge is 0.341 e. The minimum atomic E-state index is 0.151. The first-order chi connectivity index (χ1) is 7.65. The van der Waals surface area contributed by atoms with Crippen molar-refractivity contribution < 1.29 is 4.79 Å². The standard InChI is InChI=1S/C12H17N3O/c1-9-2-3-10(7-14-9)6-12(16)15-5-4-11(13)8-15/h2-3,7,11H,4-6,8,13H2,1H3/t11-/m1/s1. The molecule has 0 aromatic carbocycles. The van der Waals surface area contributed by atoms with Gasteiger partial charge in [0.25, 0.3) is 0 Å².